The molecule has 2 aromatic rings. The minimum atomic E-state index is -1.14. The lowest BCUT2D eigenvalue weighted by Gasteiger charge is -2.42. The van der Waals surface area contributed by atoms with E-state index in [1.807, 2.05) is 44.2 Å². The van der Waals surface area contributed by atoms with Crippen LogP contribution in [0.2, 0.25) is 10.0 Å². The molecule has 1 aliphatic heterocycles. The van der Waals surface area contributed by atoms with Crippen LogP contribution in [0.15, 0.2) is 42.5 Å². The van der Waals surface area contributed by atoms with E-state index in [1.54, 1.807) is 19.2 Å². The first kappa shape index (κ1) is 22.7. The van der Waals surface area contributed by atoms with E-state index in [0.29, 0.717) is 41.7 Å². The first-order chi connectivity index (χ1) is 14.4. The lowest BCUT2D eigenvalue weighted by Crippen LogP contribution is -2.52. The average Bonchev–Trinajstić information content (AvgIpc) is 2.74. The maximum Gasteiger partial charge on any atom is 0.337 e. The summed E-state index contributed by atoms with van der Waals surface area (Å²) in [6.45, 7) is 4.84. The SMILES string of the molecule is COc1ccc(N[C@](C(=O)OC(C)C)(c2ccc(Cl)c(Cl)c2)C2CCOCC2)cc1. The van der Waals surface area contributed by atoms with Crippen LogP contribution in [-0.2, 0) is 19.8 Å². The van der Waals surface area contributed by atoms with Gasteiger partial charge in [-0.05, 0) is 68.7 Å². The molecule has 5 nitrogen and oxygen atoms in total. The third kappa shape index (κ3) is 4.85. The molecule has 0 spiro atoms. The van der Waals surface area contributed by atoms with Gasteiger partial charge in [0, 0.05) is 24.8 Å². The smallest absolute Gasteiger partial charge is 0.337 e. The van der Waals surface area contributed by atoms with Gasteiger partial charge >= 0.3 is 5.97 Å². The first-order valence-corrected chi connectivity index (χ1v) is 10.8. The normalized spacial score (nSPS) is 16.7. The summed E-state index contributed by atoms with van der Waals surface area (Å²) < 4.78 is 16.6. The zero-order valence-corrected chi connectivity index (χ0v) is 18.9. The highest BCUT2D eigenvalue weighted by atomic mass is 35.5. The van der Waals surface area contributed by atoms with Crippen LogP contribution in [0.25, 0.3) is 0 Å². The molecule has 3 rings (SSSR count). The van der Waals surface area contributed by atoms with Gasteiger partial charge in [-0.15, -0.1) is 0 Å². The van der Waals surface area contributed by atoms with Gasteiger partial charge in [0.2, 0.25) is 0 Å². The topological polar surface area (TPSA) is 56.8 Å². The summed E-state index contributed by atoms with van der Waals surface area (Å²) in [4.78, 5) is 13.7. The molecule has 0 bridgehead atoms. The number of nitrogens with one attached hydrogen (secondary N) is 1. The van der Waals surface area contributed by atoms with E-state index in [-0.39, 0.29) is 18.0 Å². The van der Waals surface area contributed by atoms with Crippen molar-refractivity contribution in [3.63, 3.8) is 0 Å². The Morgan fingerprint density at radius 1 is 1.10 bits per heavy atom. The second-order valence-electron chi connectivity index (χ2n) is 7.63. The Labute approximate surface area is 187 Å². The molecule has 0 aromatic heterocycles. The van der Waals surface area contributed by atoms with E-state index in [1.165, 1.54) is 0 Å². The van der Waals surface area contributed by atoms with Gasteiger partial charge in [-0.25, -0.2) is 4.79 Å². The summed E-state index contributed by atoms with van der Waals surface area (Å²) in [6, 6.07) is 12.8. The van der Waals surface area contributed by atoms with Crippen molar-refractivity contribution in [1.29, 1.82) is 0 Å². The number of anilines is 1. The third-order valence-electron chi connectivity index (χ3n) is 5.30. The Hall–Kier alpha value is -1.95. The molecule has 0 radical (unpaired) electrons. The van der Waals surface area contributed by atoms with Crippen LogP contribution in [0.1, 0.15) is 32.3 Å². The molecule has 0 amide bonds. The maximum absolute atomic E-state index is 13.7. The molecule has 1 heterocycles. The molecule has 7 heteroatoms. The van der Waals surface area contributed by atoms with Gasteiger partial charge in [-0.3, -0.25) is 0 Å². The number of hydrogen-bond acceptors (Lipinski definition) is 5. The summed E-state index contributed by atoms with van der Waals surface area (Å²) in [5.41, 5.74) is 0.344. The van der Waals surface area contributed by atoms with E-state index in [0.717, 1.165) is 11.4 Å². The molecule has 0 unspecified atom stereocenters. The number of carbonyl (C=O) groups excluding carboxylic acids is 1. The van der Waals surface area contributed by atoms with E-state index in [4.69, 9.17) is 37.4 Å². The number of halogens is 2. The van der Waals surface area contributed by atoms with Gasteiger partial charge in [-0.2, -0.15) is 0 Å². The molecule has 0 saturated carbocycles. The van der Waals surface area contributed by atoms with Crippen LogP contribution >= 0.6 is 23.2 Å². The summed E-state index contributed by atoms with van der Waals surface area (Å²) in [7, 11) is 1.62. The standard InChI is InChI=1S/C23H27Cl2NO4/c1-15(2)30-22(27)23(16-10-12-29-13-11-16,17-4-9-20(24)21(25)14-17)26-18-5-7-19(28-3)8-6-18/h4-9,14-16,26H,10-13H2,1-3H3/t23-/m0/s1. The molecular weight excluding hydrogens is 425 g/mol. The fourth-order valence-electron chi connectivity index (χ4n) is 3.83. The second-order valence-corrected chi connectivity index (χ2v) is 8.45. The van der Waals surface area contributed by atoms with Gasteiger partial charge in [-0.1, -0.05) is 29.3 Å². The van der Waals surface area contributed by atoms with Crippen LogP contribution in [0.5, 0.6) is 5.75 Å². The number of carbonyl (C=O) groups is 1. The molecule has 162 valence electrons. The fraction of sp³-hybridized carbons (Fsp3) is 0.435. The lowest BCUT2D eigenvalue weighted by molar-refractivity contribution is -0.157. The van der Waals surface area contributed by atoms with Crippen molar-refractivity contribution in [3.8, 4) is 5.75 Å². The number of hydrogen-bond donors (Lipinski definition) is 1. The van der Waals surface area contributed by atoms with Crippen LogP contribution in [0, 0.1) is 5.92 Å². The minimum absolute atomic E-state index is 0.0585. The average molecular weight is 452 g/mol. The van der Waals surface area contributed by atoms with E-state index < -0.39 is 5.54 Å². The Morgan fingerprint density at radius 3 is 2.33 bits per heavy atom. The molecule has 1 aliphatic rings. The second kappa shape index (κ2) is 9.90. The highest BCUT2D eigenvalue weighted by Gasteiger charge is 2.49. The molecule has 30 heavy (non-hydrogen) atoms. The molecular formula is C23H27Cl2NO4. The molecule has 1 atom stereocenters. The van der Waals surface area contributed by atoms with Crippen molar-refractivity contribution < 1.29 is 19.0 Å². The van der Waals surface area contributed by atoms with Crippen molar-refractivity contribution in [3.05, 3.63) is 58.1 Å². The number of ether oxygens (including phenoxy) is 3. The molecule has 2 aromatic carbocycles. The predicted molar refractivity (Wildman–Crippen MR) is 120 cm³/mol. The monoisotopic (exact) mass is 451 g/mol. The van der Waals surface area contributed by atoms with Crippen molar-refractivity contribution in [2.45, 2.75) is 38.3 Å². The molecule has 0 aliphatic carbocycles. The molecule has 1 N–H and O–H groups in total. The maximum atomic E-state index is 13.7. The van der Waals surface area contributed by atoms with Gasteiger partial charge in [0.05, 0.1) is 23.3 Å². The van der Waals surface area contributed by atoms with E-state index >= 15 is 0 Å². The predicted octanol–water partition coefficient (Wildman–Crippen LogP) is 5.69. The minimum Gasteiger partial charge on any atom is -0.497 e. The Bertz CT molecular complexity index is 866. The highest BCUT2D eigenvalue weighted by molar-refractivity contribution is 6.42. The van der Waals surface area contributed by atoms with Crippen molar-refractivity contribution in [1.82, 2.24) is 0 Å². The summed E-state index contributed by atoms with van der Waals surface area (Å²) in [5.74, 6) is 0.326. The highest BCUT2D eigenvalue weighted by Crippen LogP contribution is 2.42. The Kier molecular flexibility index (Phi) is 7.50. The number of benzene rings is 2. The quantitative estimate of drug-likeness (QED) is 0.548. The lowest BCUT2D eigenvalue weighted by atomic mass is 9.73. The van der Waals surface area contributed by atoms with Crippen molar-refractivity contribution in [2.75, 3.05) is 25.6 Å². The Morgan fingerprint density at radius 2 is 1.77 bits per heavy atom. The summed E-state index contributed by atoms with van der Waals surface area (Å²) in [5, 5.41) is 4.32. The van der Waals surface area contributed by atoms with Crippen molar-refractivity contribution in [2.24, 2.45) is 5.92 Å². The van der Waals surface area contributed by atoms with E-state index in [2.05, 4.69) is 5.32 Å². The third-order valence-corrected chi connectivity index (χ3v) is 6.04. The first-order valence-electron chi connectivity index (χ1n) is 10.0. The van der Waals surface area contributed by atoms with Gasteiger partial charge < -0.3 is 19.5 Å². The van der Waals surface area contributed by atoms with Crippen molar-refractivity contribution >= 4 is 34.9 Å². The van der Waals surface area contributed by atoms with Gasteiger partial charge in [0.25, 0.3) is 0 Å². The van der Waals surface area contributed by atoms with Crippen LogP contribution < -0.4 is 10.1 Å². The largest absolute Gasteiger partial charge is 0.497 e. The zero-order valence-electron chi connectivity index (χ0n) is 17.4. The number of rotatable bonds is 7. The fourth-order valence-corrected chi connectivity index (χ4v) is 4.12. The molecule has 1 saturated heterocycles. The van der Waals surface area contributed by atoms with E-state index in [9.17, 15) is 4.79 Å². The number of methoxy groups -OCH3 is 1. The zero-order chi connectivity index (χ0) is 21.7. The molecule has 1 fully saturated rings. The van der Waals surface area contributed by atoms with Crippen LogP contribution in [0.4, 0.5) is 5.69 Å². The van der Waals surface area contributed by atoms with Crippen LogP contribution in [0.3, 0.4) is 0 Å². The van der Waals surface area contributed by atoms with Crippen LogP contribution in [-0.4, -0.2) is 32.4 Å². The Balaban J connectivity index is 2.15. The summed E-state index contributed by atoms with van der Waals surface area (Å²) in [6.07, 6.45) is 1.14. The van der Waals surface area contributed by atoms with Gasteiger partial charge in [0.15, 0.2) is 5.54 Å². The van der Waals surface area contributed by atoms with Gasteiger partial charge in [0.1, 0.15) is 5.75 Å². The summed E-state index contributed by atoms with van der Waals surface area (Å²) >= 11 is 12.5. The number of esters is 1.